The molecular weight excluding hydrogens is 385 g/mol. The van der Waals surface area contributed by atoms with E-state index in [0.717, 1.165) is 11.1 Å². The zero-order valence-electron chi connectivity index (χ0n) is 17.0. The molecule has 4 aromatic rings. The number of nitrogens with zero attached hydrogens (tertiary/aromatic N) is 3. The lowest BCUT2D eigenvalue weighted by atomic mass is 9.96. The van der Waals surface area contributed by atoms with Crippen LogP contribution in [0.25, 0.3) is 21.7 Å². The normalized spacial score (nSPS) is 11.3. The van der Waals surface area contributed by atoms with E-state index in [2.05, 4.69) is 4.98 Å². The van der Waals surface area contributed by atoms with Crippen molar-refractivity contribution in [1.29, 1.82) is 0 Å². The molecule has 4 rings (SSSR count). The average Bonchev–Trinajstić information content (AvgIpc) is 3.01. The fourth-order valence-corrected chi connectivity index (χ4v) is 3.70. The number of phenols is 1. The first kappa shape index (κ1) is 19.7. The lowest BCUT2D eigenvalue weighted by Gasteiger charge is -2.14. The largest absolute Gasteiger partial charge is 0.505 e. The number of likely N-dealkylation sites (N-methyl/N-ethyl adjacent to an activating group) is 1. The van der Waals surface area contributed by atoms with E-state index in [4.69, 9.17) is 0 Å². The molecule has 2 heterocycles. The number of hydrogen-bond donors (Lipinski definition) is 2. The molecule has 2 aromatic carbocycles. The number of rotatable bonds is 4. The summed E-state index contributed by atoms with van der Waals surface area (Å²) in [5, 5.41) is 22.8. The molecule has 0 radical (unpaired) electrons. The summed E-state index contributed by atoms with van der Waals surface area (Å²) < 4.78 is 14.7. The molecule has 30 heavy (non-hydrogen) atoms. The number of benzene rings is 2. The summed E-state index contributed by atoms with van der Waals surface area (Å²) in [5.41, 5.74) is 2.81. The van der Waals surface area contributed by atoms with Crippen molar-refractivity contribution in [2.24, 2.45) is 7.05 Å². The van der Waals surface area contributed by atoms with E-state index in [1.807, 2.05) is 6.07 Å². The van der Waals surface area contributed by atoms with Crippen molar-refractivity contribution in [3.63, 3.8) is 0 Å². The van der Waals surface area contributed by atoms with Gasteiger partial charge in [-0.25, -0.2) is 4.39 Å². The minimum Gasteiger partial charge on any atom is -0.505 e. The van der Waals surface area contributed by atoms with Gasteiger partial charge in [0.1, 0.15) is 11.3 Å². The van der Waals surface area contributed by atoms with Crippen LogP contribution in [-0.2, 0) is 24.7 Å². The highest BCUT2D eigenvalue weighted by Crippen LogP contribution is 2.42. The molecule has 154 valence electrons. The minimum atomic E-state index is -0.295. The van der Waals surface area contributed by atoms with Crippen LogP contribution in [0.2, 0.25) is 0 Å². The number of aromatic hydroxyl groups is 2. The van der Waals surface area contributed by atoms with E-state index in [9.17, 15) is 19.4 Å². The number of hydrogen-bond acceptors (Lipinski definition) is 4. The third kappa shape index (κ3) is 3.32. The van der Waals surface area contributed by atoms with E-state index < -0.39 is 0 Å². The topological polar surface area (TPSA) is 78.6 Å². The van der Waals surface area contributed by atoms with Crippen molar-refractivity contribution in [2.75, 3.05) is 14.1 Å². The summed E-state index contributed by atoms with van der Waals surface area (Å²) in [4.78, 5) is 18.5. The van der Waals surface area contributed by atoms with E-state index in [1.54, 1.807) is 45.7 Å². The standard InChI is InChI=1S/C23H22FN3O3/c1-26(2)19(28)10-16-17-9-14(8-13-4-6-15(24)7-5-13)11-25-21(17)22(29)20-18(16)12-27(3)23(20)30/h4-7,9,11-12,29-30H,8,10H2,1-3H3. The van der Waals surface area contributed by atoms with E-state index in [1.165, 1.54) is 21.6 Å². The molecule has 0 bridgehead atoms. The smallest absolute Gasteiger partial charge is 0.226 e. The van der Waals surface area contributed by atoms with Gasteiger partial charge in [-0.05, 0) is 41.3 Å². The van der Waals surface area contributed by atoms with Crippen LogP contribution < -0.4 is 0 Å². The second-order valence-corrected chi connectivity index (χ2v) is 7.69. The highest BCUT2D eigenvalue weighted by Gasteiger charge is 2.22. The van der Waals surface area contributed by atoms with E-state index in [-0.39, 0.29) is 35.2 Å². The fourth-order valence-electron chi connectivity index (χ4n) is 3.70. The number of amides is 1. The number of phenolic OH excluding ortho intramolecular Hbond substituents is 1. The van der Waals surface area contributed by atoms with Crippen LogP contribution in [0.1, 0.15) is 16.7 Å². The molecule has 2 N–H and O–H groups in total. The first-order valence-corrected chi connectivity index (χ1v) is 9.51. The molecule has 7 heteroatoms. The van der Waals surface area contributed by atoms with Crippen LogP contribution in [0.5, 0.6) is 11.6 Å². The maximum atomic E-state index is 13.2. The Morgan fingerprint density at radius 2 is 1.83 bits per heavy atom. The van der Waals surface area contributed by atoms with Gasteiger partial charge in [-0.2, -0.15) is 0 Å². The van der Waals surface area contributed by atoms with Gasteiger partial charge >= 0.3 is 0 Å². The lowest BCUT2D eigenvalue weighted by Crippen LogP contribution is -2.23. The van der Waals surface area contributed by atoms with Crippen molar-refractivity contribution in [3.8, 4) is 11.6 Å². The van der Waals surface area contributed by atoms with Gasteiger partial charge in [-0.1, -0.05) is 12.1 Å². The number of aromatic nitrogens is 2. The SMILES string of the molecule is CN(C)C(=O)Cc1c2cc(Cc3ccc(F)cc3)cnc2c(O)c2c(O)n(C)cc12. The molecule has 0 spiro atoms. The summed E-state index contributed by atoms with van der Waals surface area (Å²) >= 11 is 0. The van der Waals surface area contributed by atoms with Gasteiger partial charge in [0.05, 0.1) is 11.8 Å². The predicted octanol–water partition coefficient (Wildman–Crippen LogP) is 3.50. The van der Waals surface area contributed by atoms with Crippen LogP contribution in [0.3, 0.4) is 0 Å². The van der Waals surface area contributed by atoms with E-state index in [0.29, 0.717) is 28.3 Å². The lowest BCUT2D eigenvalue weighted by molar-refractivity contribution is -0.127. The maximum Gasteiger partial charge on any atom is 0.226 e. The summed E-state index contributed by atoms with van der Waals surface area (Å²) in [6.07, 6.45) is 3.98. The summed E-state index contributed by atoms with van der Waals surface area (Å²) in [6, 6.07) is 8.14. The second-order valence-electron chi connectivity index (χ2n) is 7.69. The van der Waals surface area contributed by atoms with E-state index >= 15 is 0 Å². The quantitative estimate of drug-likeness (QED) is 0.543. The van der Waals surface area contributed by atoms with Gasteiger partial charge in [-0.3, -0.25) is 9.78 Å². The maximum absolute atomic E-state index is 13.2. The van der Waals surface area contributed by atoms with Crippen LogP contribution in [0.4, 0.5) is 4.39 Å². The van der Waals surface area contributed by atoms with Gasteiger partial charge in [0.2, 0.25) is 11.8 Å². The van der Waals surface area contributed by atoms with Crippen LogP contribution in [0, 0.1) is 5.82 Å². The molecule has 0 saturated carbocycles. The van der Waals surface area contributed by atoms with Crippen molar-refractivity contribution in [3.05, 3.63) is 65.2 Å². The zero-order chi connectivity index (χ0) is 21.6. The third-order valence-corrected chi connectivity index (χ3v) is 5.35. The number of aryl methyl sites for hydroxylation is 1. The van der Waals surface area contributed by atoms with Crippen LogP contribution >= 0.6 is 0 Å². The number of halogens is 1. The summed E-state index contributed by atoms with van der Waals surface area (Å²) in [6.45, 7) is 0. The Labute approximate surface area is 172 Å². The Hall–Kier alpha value is -3.61. The molecule has 0 aliphatic carbocycles. The van der Waals surface area contributed by atoms with Gasteiger partial charge in [0, 0.05) is 44.3 Å². The van der Waals surface area contributed by atoms with Crippen molar-refractivity contribution >= 4 is 27.6 Å². The zero-order valence-corrected chi connectivity index (χ0v) is 17.0. The summed E-state index contributed by atoms with van der Waals surface area (Å²) in [7, 11) is 5.04. The molecule has 0 aliphatic heterocycles. The second kappa shape index (κ2) is 7.33. The van der Waals surface area contributed by atoms with Gasteiger partial charge in [0.25, 0.3) is 0 Å². The molecule has 2 aromatic heterocycles. The van der Waals surface area contributed by atoms with Gasteiger partial charge in [0.15, 0.2) is 5.75 Å². The predicted molar refractivity (Wildman–Crippen MR) is 113 cm³/mol. The number of carbonyl (C=O) groups excluding carboxylic acids is 1. The number of fused-ring (bicyclic) bond motifs is 2. The molecule has 6 nitrogen and oxygen atoms in total. The minimum absolute atomic E-state index is 0.0832. The highest BCUT2D eigenvalue weighted by atomic mass is 19.1. The third-order valence-electron chi connectivity index (χ3n) is 5.35. The molecule has 0 fully saturated rings. The van der Waals surface area contributed by atoms with Crippen molar-refractivity contribution in [2.45, 2.75) is 12.8 Å². The summed E-state index contributed by atoms with van der Waals surface area (Å²) in [5.74, 6) is -0.598. The van der Waals surface area contributed by atoms with Crippen molar-refractivity contribution in [1.82, 2.24) is 14.5 Å². The first-order chi connectivity index (χ1) is 14.3. The average molecular weight is 407 g/mol. The Kier molecular flexibility index (Phi) is 4.81. The number of carbonyl (C=O) groups is 1. The Balaban J connectivity index is 1.93. The molecule has 0 saturated heterocycles. The molecular formula is C23H22FN3O3. The van der Waals surface area contributed by atoms with Crippen molar-refractivity contribution < 1.29 is 19.4 Å². The Morgan fingerprint density at radius 3 is 2.50 bits per heavy atom. The van der Waals surface area contributed by atoms with Gasteiger partial charge < -0.3 is 19.7 Å². The Bertz CT molecular complexity index is 1280. The fraction of sp³-hybridized carbons (Fsp3) is 0.217. The van der Waals surface area contributed by atoms with Crippen LogP contribution in [0.15, 0.2) is 42.7 Å². The molecule has 0 atom stereocenters. The number of pyridine rings is 1. The monoisotopic (exact) mass is 407 g/mol. The van der Waals surface area contributed by atoms with Gasteiger partial charge in [-0.15, -0.1) is 0 Å². The molecule has 0 unspecified atom stereocenters. The first-order valence-electron chi connectivity index (χ1n) is 9.51. The molecule has 1 amide bonds. The highest BCUT2D eigenvalue weighted by molar-refractivity contribution is 6.10. The van der Waals surface area contributed by atoms with Crippen LogP contribution in [-0.4, -0.2) is 44.7 Å². The Morgan fingerprint density at radius 1 is 1.13 bits per heavy atom. The molecule has 0 aliphatic rings.